The van der Waals surface area contributed by atoms with Crippen LogP contribution < -0.4 is 15.4 Å². The van der Waals surface area contributed by atoms with E-state index in [1.54, 1.807) is 37.3 Å². The minimum absolute atomic E-state index is 0.0691. The lowest BCUT2D eigenvalue weighted by Gasteiger charge is -2.28. The van der Waals surface area contributed by atoms with Gasteiger partial charge < -0.3 is 15.4 Å². The number of hydrogen-bond donors (Lipinski definition) is 2. The van der Waals surface area contributed by atoms with Gasteiger partial charge >= 0.3 is 0 Å². The highest BCUT2D eigenvalue weighted by Crippen LogP contribution is 2.32. The molecule has 2 heterocycles. The lowest BCUT2D eigenvalue weighted by Crippen LogP contribution is -2.36. The van der Waals surface area contributed by atoms with E-state index in [1.807, 2.05) is 24.3 Å². The highest BCUT2D eigenvalue weighted by atomic mass is 32.2. The molecular weight excluding hydrogens is 454 g/mol. The van der Waals surface area contributed by atoms with Crippen molar-refractivity contribution in [3.05, 3.63) is 83.4 Å². The normalized spacial score (nSPS) is 17.7. The van der Waals surface area contributed by atoms with E-state index in [1.165, 1.54) is 16.4 Å². The quantitative estimate of drug-likeness (QED) is 0.599. The molecule has 2 amide bonds. The van der Waals surface area contributed by atoms with E-state index in [0.717, 1.165) is 11.1 Å². The number of hydrogen-bond acceptors (Lipinski definition) is 5. The molecule has 2 aliphatic heterocycles. The van der Waals surface area contributed by atoms with E-state index in [-0.39, 0.29) is 16.4 Å². The second kappa shape index (κ2) is 8.58. The van der Waals surface area contributed by atoms with Gasteiger partial charge in [0.05, 0.1) is 10.6 Å². The van der Waals surface area contributed by atoms with Crippen molar-refractivity contribution >= 4 is 33.2 Å². The minimum atomic E-state index is -3.77. The maximum Gasteiger partial charge on any atom is 0.265 e. The van der Waals surface area contributed by atoms with Crippen LogP contribution >= 0.6 is 0 Å². The molecular formula is C25H23N3O5S. The van der Waals surface area contributed by atoms with Crippen LogP contribution in [-0.4, -0.2) is 37.2 Å². The van der Waals surface area contributed by atoms with E-state index in [0.29, 0.717) is 36.6 Å². The van der Waals surface area contributed by atoms with Crippen LogP contribution in [0, 0.1) is 0 Å². The Kier molecular flexibility index (Phi) is 5.59. The summed E-state index contributed by atoms with van der Waals surface area (Å²) >= 11 is 0. The number of benzene rings is 3. The summed E-state index contributed by atoms with van der Waals surface area (Å²) in [6.45, 7) is 2.34. The van der Waals surface area contributed by atoms with Gasteiger partial charge in [-0.3, -0.25) is 9.59 Å². The first kappa shape index (κ1) is 22.1. The van der Waals surface area contributed by atoms with Crippen molar-refractivity contribution in [3.63, 3.8) is 0 Å². The molecule has 0 radical (unpaired) electrons. The fourth-order valence-corrected chi connectivity index (χ4v) is 5.58. The van der Waals surface area contributed by atoms with Gasteiger partial charge in [0.25, 0.3) is 11.8 Å². The van der Waals surface area contributed by atoms with Crippen molar-refractivity contribution in [2.24, 2.45) is 0 Å². The Balaban J connectivity index is 1.35. The van der Waals surface area contributed by atoms with Gasteiger partial charge in [-0.2, -0.15) is 4.31 Å². The average molecular weight is 478 g/mol. The molecule has 8 nitrogen and oxygen atoms in total. The summed E-state index contributed by atoms with van der Waals surface area (Å²) in [5.74, 6) is -0.215. The Hall–Kier alpha value is -3.69. The Labute approximate surface area is 197 Å². The van der Waals surface area contributed by atoms with Crippen LogP contribution in [0.25, 0.3) is 0 Å². The molecule has 2 aliphatic rings. The van der Waals surface area contributed by atoms with Crippen LogP contribution in [0.4, 0.5) is 11.4 Å². The molecule has 9 heteroatoms. The first-order valence-electron chi connectivity index (χ1n) is 10.9. The summed E-state index contributed by atoms with van der Waals surface area (Å²) in [5, 5.41) is 5.49. The van der Waals surface area contributed by atoms with E-state index >= 15 is 0 Å². The van der Waals surface area contributed by atoms with Crippen molar-refractivity contribution in [2.75, 3.05) is 17.2 Å². The third-order valence-electron chi connectivity index (χ3n) is 6.00. The molecule has 34 heavy (non-hydrogen) atoms. The maximum atomic E-state index is 13.3. The predicted octanol–water partition coefficient (Wildman–Crippen LogP) is 3.41. The molecule has 0 spiro atoms. The zero-order chi connectivity index (χ0) is 23.9. The first-order chi connectivity index (χ1) is 16.3. The molecule has 3 aromatic rings. The fourth-order valence-electron chi connectivity index (χ4n) is 4.11. The number of ether oxygens (including phenoxy) is 1. The van der Waals surface area contributed by atoms with Gasteiger partial charge in [-0.15, -0.1) is 0 Å². The maximum absolute atomic E-state index is 13.3. The van der Waals surface area contributed by atoms with Gasteiger partial charge in [-0.1, -0.05) is 30.3 Å². The van der Waals surface area contributed by atoms with Crippen molar-refractivity contribution in [2.45, 2.75) is 30.9 Å². The van der Waals surface area contributed by atoms with Crippen molar-refractivity contribution in [1.82, 2.24) is 4.31 Å². The zero-order valence-electron chi connectivity index (χ0n) is 18.4. The van der Waals surface area contributed by atoms with Crippen LogP contribution in [0.1, 0.15) is 28.4 Å². The smallest absolute Gasteiger partial charge is 0.265 e. The summed E-state index contributed by atoms with van der Waals surface area (Å²) in [7, 11) is -3.77. The first-order valence-corrected chi connectivity index (χ1v) is 12.4. The SMILES string of the molecule is CC1Oc2ccc(NC(=O)c3cccc(S(=O)(=O)N4CCc5ccccc5C4)c3)cc2NC1=O. The second-order valence-electron chi connectivity index (χ2n) is 8.30. The zero-order valence-corrected chi connectivity index (χ0v) is 19.3. The number of anilines is 2. The molecule has 1 unspecified atom stereocenters. The summed E-state index contributed by atoms with van der Waals surface area (Å²) in [6, 6.07) is 18.7. The number of fused-ring (bicyclic) bond motifs is 2. The molecule has 0 saturated carbocycles. The summed E-state index contributed by atoms with van der Waals surface area (Å²) in [6.07, 6.45) is 0.0541. The predicted molar refractivity (Wildman–Crippen MR) is 127 cm³/mol. The Bertz CT molecular complexity index is 1400. The lowest BCUT2D eigenvalue weighted by atomic mass is 10.0. The number of sulfonamides is 1. The van der Waals surface area contributed by atoms with Crippen molar-refractivity contribution in [3.8, 4) is 5.75 Å². The van der Waals surface area contributed by atoms with Gasteiger partial charge in [-0.25, -0.2) is 8.42 Å². The number of carbonyl (C=O) groups excluding carboxylic acids is 2. The Morgan fingerprint density at radius 2 is 1.85 bits per heavy atom. The highest BCUT2D eigenvalue weighted by molar-refractivity contribution is 7.89. The van der Waals surface area contributed by atoms with E-state index in [2.05, 4.69) is 10.6 Å². The van der Waals surface area contributed by atoms with Crippen molar-refractivity contribution < 1.29 is 22.7 Å². The van der Waals surface area contributed by atoms with E-state index in [9.17, 15) is 18.0 Å². The number of nitrogens with one attached hydrogen (secondary N) is 2. The molecule has 5 rings (SSSR count). The van der Waals surface area contributed by atoms with Crippen LogP contribution in [0.15, 0.2) is 71.6 Å². The molecule has 2 N–H and O–H groups in total. The number of carbonyl (C=O) groups is 2. The third kappa shape index (κ3) is 4.15. The number of nitrogens with zero attached hydrogens (tertiary/aromatic N) is 1. The molecule has 0 aliphatic carbocycles. The molecule has 3 aromatic carbocycles. The molecule has 0 saturated heterocycles. The van der Waals surface area contributed by atoms with Crippen LogP contribution in [0.5, 0.6) is 5.75 Å². The van der Waals surface area contributed by atoms with Gasteiger partial charge in [0.2, 0.25) is 10.0 Å². The molecule has 0 aromatic heterocycles. The second-order valence-corrected chi connectivity index (χ2v) is 10.2. The van der Waals surface area contributed by atoms with Crippen LogP contribution in [0.3, 0.4) is 0 Å². The minimum Gasteiger partial charge on any atom is -0.479 e. The van der Waals surface area contributed by atoms with Gasteiger partial charge in [0.1, 0.15) is 5.75 Å². The molecule has 174 valence electrons. The average Bonchev–Trinajstić information content (AvgIpc) is 2.84. The van der Waals surface area contributed by atoms with Crippen LogP contribution in [-0.2, 0) is 27.8 Å². The largest absolute Gasteiger partial charge is 0.479 e. The number of rotatable bonds is 4. The highest BCUT2D eigenvalue weighted by Gasteiger charge is 2.29. The molecule has 1 atom stereocenters. The summed E-state index contributed by atoms with van der Waals surface area (Å²) in [4.78, 5) is 24.8. The third-order valence-corrected chi connectivity index (χ3v) is 7.84. The standard InChI is InChI=1S/C25H23N3O5S/c1-16-24(29)27-22-14-20(9-10-23(22)33-16)26-25(30)18-7-4-8-21(13-18)34(31,32)28-12-11-17-5-2-3-6-19(17)15-28/h2-10,13-14,16H,11-12,15H2,1H3,(H,26,30)(H,27,29). The Morgan fingerprint density at radius 1 is 1.06 bits per heavy atom. The fraction of sp³-hybridized carbons (Fsp3) is 0.200. The van der Waals surface area contributed by atoms with Gasteiger partial charge in [0, 0.05) is 24.3 Å². The summed E-state index contributed by atoms with van der Waals surface area (Å²) in [5.41, 5.74) is 3.27. The van der Waals surface area contributed by atoms with Gasteiger partial charge in [-0.05, 0) is 60.9 Å². The van der Waals surface area contributed by atoms with Crippen molar-refractivity contribution in [1.29, 1.82) is 0 Å². The Morgan fingerprint density at radius 3 is 2.68 bits per heavy atom. The molecule has 0 fully saturated rings. The van der Waals surface area contributed by atoms with E-state index < -0.39 is 22.0 Å². The monoisotopic (exact) mass is 477 g/mol. The topological polar surface area (TPSA) is 105 Å². The summed E-state index contributed by atoms with van der Waals surface area (Å²) < 4.78 is 33.5. The lowest BCUT2D eigenvalue weighted by molar-refractivity contribution is -0.122. The molecule has 0 bridgehead atoms. The van der Waals surface area contributed by atoms with E-state index in [4.69, 9.17) is 4.74 Å². The van der Waals surface area contributed by atoms with Gasteiger partial charge in [0.15, 0.2) is 6.10 Å². The number of amides is 2. The van der Waals surface area contributed by atoms with Crippen LogP contribution in [0.2, 0.25) is 0 Å².